The van der Waals surface area contributed by atoms with Crippen molar-refractivity contribution in [3.05, 3.63) is 29.8 Å². The lowest BCUT2D eigenvalue weighted by atomic mass is 9.84. The lowest BCUT2D eigenvalue weighted by Crippen LogP contribution is -2.26. The van der Waals surface area contributed by atoms with Crippen molar-refractivity contribution in [1.29, 1.82) is 0 Å². The molecular formula is C17H25NO. The van der Waals surface area contributed by atoms with Gasteiger partial charge in [0.15, 0.2) is 0 Å². The van der Waals surface area contributed by atoms with E-state index in [9.17, 15) is 0 Å². The monoisotopic (exact) mass is 259 g/mol. The molecule has 104 valence electrons. The summed E-state index contributed by atoms with van der Waals surface area (Å²) in [4.78, 5) is 0. The van der Waals surface area contributed by atoms with Crippen LogP contribution >= 0.6 is 0 Å². The van der Waals surface area contributed by atoms with Crippen molar-refractivity contribution in [3.8, 4) is 5.75 Å². The normalized spacial score (nSPS) is 29.8. The Kier molecular flexibility index (Phi) is 4.07. The van der Waals surface area contributed by atoms with Gasteiger partial charge in [-0.3, -0.25) is 0 Å². The van der Waals surface area contributed by atoms with Crippen molar-refractivity contribution >= 4 is 0 Å². The molecule has 0 aromatic heterocycles. The molecule has 3 unspecified atom stereocenters. The van der Waals surface area contributed by atoms with E-state index < -0.39 is 0 Å². The molecule has 1 aromatic rings. The third-order valence-electron chi connectivity index (χ3n) is 4.73. The van der Waals surface area contributed by atoms with Crippen molar-refractivity contribution in [3.63, 3.8) is 0 Å². The number of hydrogen-bond donors (Lipinski definition) is 1. The summed E-state index contributed by atoms with van der Waals surface area (Å²) in [7, 11) is 0. The highest BCUT2D eigenvalue weighted by atomic mass is 16.5. The van der Waals surface area contributed by atoms with Gasteiger partial charge in [0, 0.05) is 6.04 Å². The van der Waals surface area contributed by atoms with Crippen molar-refractivity contribution < 1.29 is 4.74 Å². The number of fused-ring (bicyclic) bond motifs is 1. The summed E-state index contributed by atoms with van der Waals surface area (Å²) < 4.78 is 5.77. The first-order valence-electron chi connectivity index (χ1n) is 7.82. The molecule has 0 saturated heterocycles. The molecule has 1 saturated carbocycles. The van der Waals surface area contributed by atoms with Crippen LogP contribution in [0.25, 0.3) is 0 Å². The van der Waals surface area contributed by atoms with E-state index >= 15 is 0 Å². The average Bonchev–Trinajstić information content (AvgIpc) is 2.87. The maximum atomic E-state index is 5.77. The first-order chi connectivity index (χ1) is 9.36. The van der Waals surface area contributed by atoms with Crippen LogP contribution in [0.1, 0.15) is 50.5 Å². The molecule has 19 heavy (non-hydrogen) atoms. The van der Waals surface area contributed by atoms with Gasteiger partial charge in [0.05, 0.1) is 6.61 Å². The van der Waals surface area contributed by atoms with Crippen LogP contribution in [-0.2, 0) is 0 Å². The maximum Gasteiger partial charge on any atom is 0.122 e. The molecule has 0 spiro atoms. The van der Waals surface area contributed by atoms with Crippen molar-refractivity contribution in [2.75, 3.05) is 13.2 Å². The zero-order valence-corrected chi connectivity index (χ0v) is 11.9. The Morgan fingerprint density at radius 1 is 1.21 bits per heavy atom. The second kappa shape index (κ2) is 5.96. The molecule has 0 radical (unpaired) electrons. The third kappa shape index (κ3) is 2.94. The summed E-state index contributed by atoms with van der Waals surface area (Å²) in [6, 6.07) is 9.38. The zero-order chi connectivity index (χ0) is 13.1. The number of rotatable bonds is 4. The quantitative estimate of drug-likeness (QED) is 0.889. The Hall–Kier alpha value is -1.02. The average molecular weight is 259 g/mol. The molecule has 2 nitrogen and oxygen atoms in total. The van der Waals surface area contributed by atoms with Crippen LogP contribution in [0.15, 0.2) is 24.3 Å². The molecular weight excluding hydrogens is 234 g/mol. The number of hydrogen-bond acceptors (Lipinski definition) is 2. The molecule has 1 aliphatic heterocycles. The Bertz CT molecular complexity index is 417. The van der Waals surface area contributed by atoms with E-state index in [1.165, 1.54) is 37.7 Å². The summed E-state index contributed by atoms with van der Waals surface area (Å²) in [5.74, 6) is 2.75. The summed E-state index contributed by atoms with van der Waals surface area (Å²) in [5.41, 5.74) is 1.45. The van der Waals surface area contributed by atoms with Gasteiger partial charge in [-0.15, -0.1) is 0 Å². The van der Waals surface area contributed by atoms with E-state index in [-0.39, 0.29) is 0 Å². The van der Waals surface area contributed by atoms with Gasteiger partial charge in [-0.1, -0.05) is 25.1 Å². The number of ether oxygens (including phenoxy) is 1. The molecule has 1 aliphatic carbocycles. The molecule has 3 atom stereocenters. The second-order valence-electron chi connectivity index (χ2n) is 6.04. The first kappa shape index (κ1) is 13.0. The fraction of sp³-hybridized carbons (Fsp3) is 0.647. The van der Waals surface area contributed by atoms with Gasteiger partial charge in [-0.2, -0.15) is 0 Å². The van der Waals surface area contributed by atoms with Crippen molar-refractivity contribution in [1.82, 2.24) is 5.32 Å². The molecule has 1 heterocycles. The Balaban J connectivity index is 1.62. The van der Waals surface area contributed by atoms with E-state index in [2.05, 4.69) is 36.5 Å². The van der Waals surface area contributed by atoms with Gasteiger partial charge in [0.1, 0.15) is 5.75 Å². The molecule has 0 amide bonds. The maximum absolute atomic E-state index is 5.77. The summed E-state index contributed by atoms with van der Waals surface area (Å²) in [6.07, 6.45) is 6.68. The van der Waals surface area contributed by atoms with E-state index in [1.807, 2.05) is 0 Å². The molecule has 3 rings (SSSR count). The van der Waals surface area contributed by atoms with Gasteiger partial charge in [0.2, 0.25) is 0 Å². The molecule has 2 aliphatic rings. The van der Waals surface area contributed by atoms with Crippen LogP contribution in [0, 0.1) is 5.92 Å². The minimum absolute atomic E-state index is 0.718. The second-order valence-corrected chi connectivity index (χ2v) is 6.04. The topological polar surface area (TPSA) is 21.3 Å². The minimum atomic E-state index is 0.718. The lowest BCUT2D eigenvalue weighted by molar-refractivity contribution is 0.251. The van der Waals surface area contributed by atoms with Crippen LogP contribution in [0.2, 0.25) is 0 Å². The number of benzene rings is 1. The van der Waals surface area contributed by atoms with Crippen LogP contribution in [-0.4, -0.2) is 19.2 Å². The molecule has 2 heteroatoms. The number of para-hydroxylation sites is 1. The predicted octanol–water partition coefficient (Wildman–Crippen LogP) is 3.72. The Morgan fingerprint density at radius 3 is 3.00 bits per heavy atom. The van der Waals surface area contributed by atoms with E-state index in [4.69, 9.17) is 4.74 Å². The van der Waals surface area contributed by atoms with Crippen molar-refractivity contribution in [2.45, 2.75) is 51.0 Å². The van der Waals surface area contributed by atoms with Crippen molar-refractivity contribution in [2.24, 2.45) is 5.92 Å². The Labute approximate surface area is 116 Å². The van der Waals surface area contributed by atoms with Crippen LogP contribution in [0.5, 0.6) is 5.75 Å². The summed E-state index contributed by atoms with van der Waals surface area (Å²) >= 11 is 0. The Morgan fingerprint density at radius 2 is 2.11 bits per heavy atom. The third-order valence-corrected chi connectivity index (χ3v) is 4.73. The van der Waals surface area contributed by atoms with E-state index in [1.54, 1.807) is 0 Å². The van der Waals surface area contributed by atoms with Gasteiger partial charge >= 0.3 is 0 Å². The highest BCUT2D eigenvalue weighted by Crippen LogP contribution is 2.41. The standard InChI is InChI=1S/C17H25NO/c1-2-18-15-8-7-13(12-15)11-14-9-10-19-17-6-4-3-5-16(14)17/h3-6,13-15,18H,2,7-12H2,1H3. The summed E-state index contributed by atoms with van der Waals surface area (Å²) in [6.45, 7) is 4.21. The smallest absolute Gasteiger partial charge is 0.122 e. The van der Waals surface area contributed by atoms with Gasteiger partial charge in [-0.05, 0) is 62.1 Å². The van der Waals surface area contributed by atoms with E-state index in [0.29, 0.717) is 0 Å². The van der Waals surface area contributed by atoms with Gasteiger partial charge < -0.3 is 10.1 Å². The molecule has 0 bridgehead atoms. The number of nitrogens with one attached hydrogen (secondary N) is 1. The van der Waals surface area contributed by atoms with Crippen LogP contribution in [0.3, 0.4) is 0 Å². The van der Waals surface area contributed by atoms with Crippen LogP contribution in [0.4, 0.5) is 0 Å². The SMILES string of the molecule is CCNC1CCC(CC2CCOc3ccccc32)C1. The predicted molar refractivity (Wildman–Crippen MR) is 78.7 cm³/mol. The van der Waals surface area contributed by atoms with Gasteiger partial charge in [-0.25, -0.2) is 0 Å². The summed E-state index contributed by atoms with van der Waals surface area (Å²) in [5, 5.41) is 3.61. The fourth-order valence-electron chi connectivity index (χ4n) is 3.83. The minimum Gasteiger partial charge on any atom is -0.493 e. The lowest BCUT2D eigenvalue weighted by Gasteiger charge is -2.28. The first-order valence-corrected chi connectivity index (χ1v) is 7.82. The molecule has 1 fully saturated rings. The zero-order valence-electron chi connectivity index (χ0n) is 11.9. The van der Waals surface area contributed by atoms with Crippen LogP contribution < -0.4 is 10.1 Å². The van der Waals surface area contributed by atoms with Gasteiger partial charge in [0.25, 0.3) is 0 Å². The fourth-order valence-corrected chi connectivity index (χ4v) is 3.83. The van der Waals surface area contributed by atoms with E-state index in [0.717, 1.165) is 36.8 Å². The largest absolute Gasteiger partial charge is 0.493 e. The highest BCUT2D eigenvalue weighted by Gasteiger charge is 2.29. The highest BCUT2D eigenvalue weighted by molar-refractivity contribution is 5.37. The molecule has 1 N–H and O–H groups in total. The molecule has 1 aromatic carbocycles.